The topological polar surface area (TPSA) is 73.2 Å². The van der Waals surface area contributed by atoms with Gasteiger partial charge in [-0.3, -0.25) is 4.72 Å². The normalized spacial score (nSPS) is 11.6. The molecule has 0 amide bonds. The number of sulfonamides is 1. The minimum atomic E-state index is -3.90. The van der Waals surface area contributed by atoms with Crippen LogP contribution in [0, 0.1) is 19.7 Å². The van der Waals surface area contributed by atoms with Crippen LogP contribution in [0.4, 0.5) is 10.1 Å². The lowest BCUT2D eigenvalue weighted by Gasteiger charge is -2.14. The third kappa shape index (κ3) is 4.11. The van der Waals surface area contributed by atoms with Crippen LogP contribution in [0.15, 0.2) is 65.8 Å². The highest BCUT2D eigenvalue weighted by atomic mass is 32.2. The average molecular weight is 440 g/mol. The molecule has 3 aromatic carbocycles. The van der Waals surface area contributed by atoms with E-state index < -0.39 is 15.8 Å². The second kappa shape index (κ2) is 8.03. The molecule has 4 rings (SSSR count). The number of anilines is 1. The molecule has 8 heteroatoms. The number of hydrogen-bond acceptors (Lipinski definition) is 4. The maximum absolute atomic E-state index is 13.2. The number of nitrogens with one attached hydrogen (secondary N) is 1. The predicted octanol–water partition coefficient (Wildman–Crippen LogP) is 4.65. The van der Waals surface area contributed by atoms with Crippen LogP contribution in [0.5, 0.6) is 5.75 Å². The number of aryl methyl sites for hydroxylation is 1. The van der Waals surface area contributed by atoms with E-state index in [1.54, 1.807) is 13.4 Å². The molecule has 0 fully saturated rings. The molecule has 0 aliphatic rings. The summed E-state index contributed by atoms with van der Waals surface area (Å²) in [7, 11) is -2.28. The molecule has 1 heterocycles. The Labute approximate surface area is 180 Å². The van der Waals surface area contributed by atoms with Gasteiger partial charge in [-0.05, 0) is 73.0 Å². The molecule has 0 saturated carbocycles. The molecule has 0 atom stereocenters. The van der Waals surface area contributed by atoms with Crippen LogP contribution >= 0.6 is 0 Å². The van der Waals surface area contributed by atoms with Crippen molar-refractivity contribution in [3.63, 3.8) is 0 Å². The van der Waals surface area contributed by atoms with E-state index in [0.29, 0.717) is 17.7 Å². The molecule has 0 aliphatic carbocycles. The maximum atomic E-state index is 13.2. The Morgan fingerprint density at radius 3 is 2.55 bits per heavy atom. The highest BCUT2D eigenvalue weighted by molar-refractivity contribution is 7.92. The molecule has 0 radical (unpaired) electrons. The van der Waals surface area contributed by atoms with Crippen LogP contribution in [0.25, 0.3) is 11.0 Å². The monoisotopic (exact) mass is 439 g/mol. The molecule has 6 nitrogen and oxygen atoms in total. The van der Waals surface area contributed by atoms with Gasteiger partial charge in [-0.15, -0.1) is 0 Å². The van der Waals surface area contributed by atoms with E-state index in [1.165, 1.54) is 12.1 Å². The van der Waals surface area contributed by atoms with Crippen LogP contribution in [-0.4, -0.2) is 25.1 Å². The van der Waals surface area contributed by atoms with Crippen LogP contribution in [0.1, 0.15) is 16.7 Å². The van der Waals surface area contributed by atoms with Crippen molar-refractivity contribution in [2.75, 3.05) is 11.8 Å². The maximum Gasteiger partial charge on any atom is 0.261 e. The summed E-state index contributed by atoms with van der Waals surface area (Å²) in [4.78, 5) is 4.48. The van der Waals surface area contributed by atoms with Gasteiger partial charge in [-0.1, -0.05) is 12.1 Å². The second-order valence-corrected chi connectivity index (χ2v) is 9.03. The number of halogens is 1. The van der Waals surface area contributed by atoms with E-state index in [-0.39, 0.29) is 4.90 Å². The zero-order chi connectivity index (χ0) is 22.2. The van der Waals surface area contributed by atoms with E-state index >= 15 is 0 Å². The molecule has 160 valence electrons. The number of rotatable bonds is 6. The highest BCUT2D eigenvalue weighted by Gasteiger charge is 2.20. The number of nitrogens with zero attached hydrogens (tertiary/aromatic N) is 2. The lowest BCUT2D eigenvalue weighted by Crippen LogP contribution is -2.14. The standard InChI is InChI=1S/C23H22FN3O3S/c1-15-11-21-23(25-14-27(21)13-17-5-4-6-19(12-17)30-3)22(16(15)2)26-31(28,29)20-9-7-18(24)8-10-20/h4-12,14,26H,13H2,1-3H3. The third-order valence-corrected chi connectivity index (χ3v) is 6.65. The zero-order valence-corrected chi connectivity index (χ0v) is 18.2. The van der Waals surface area contributed by atoms with Gasteiger partial charge in [0.05, 0.1) is 29.5 Å². The first-order valence-corrected chi connectivity index (χ1v) is 11.1. The Hall–Kier alpha value is -3.39. The first kappa shape index (κ1) is 20.9. The number of imidazole rings is 1. The Kier molecular flexibility index (Phi) is 5.41. The molecule has 0 spiro atoms. The molecule has 1 N–H and O–H groups in total. The number of fused-ring (bicyclic) bond motifs is 1. The van der Waals surface area contributed by atoms with Crippen molar-refractivity contribution in [2.24, 2.45) is 0 Å². The van der Waals surface area contributed by atoms with Crippen molar-refractivity contribution in [3.8, 4) is 5.75 Å². The Bertz CT molecular complexity index is 1360. The second-order valence-electron chi connectivity index (χ2n) is 7.34. The number of aromatic nitrogens is 2. The minimum absolute atomic E-state index is 0.0150. The van der Waals surface area contributed by atoms with Gasteiger partial charge in [0, 0.05) is 6.54 Å². The fraction of sp³-hybridized carbons (Fsp3) is 0.174. The van der Waals surface area contributed by atoms with Crippen molar-refractivity contribution >= 4 is 26.7 Å². The summed E-state index contributed by atoms with van der Waals surface area (Å²) in [5.41, 5.74) is 4.52. The van der Waals surface area contributed by atoms with Crippen LogP contribution in [-0.2, 0) is 16.6 Å². The van der Waals surface area contributed by atoms with E-state index in [1.807, 2.05) is 48.7 Å². The molecule has 4 aromatic rings. The van der Waals surface area contributed by atoms with Crippen molar-refractivity contribution in [3.05, 3.63) is 83.4 Å². The molecule has 0 aliphatic heterocycles. The summed E-state index contributed by atoms with van der Waals surface area (Å²) in [6, 6.07) is 14.5. The largest absolute Gasteiger partial charge is 0.497 e. The molecule has 31 heavy (non-hydrogen) atoms. The van der Waals surface area contributed by atoms with Gasteiger partial charge in [0.25, 0.3) is 10.0 Å². The first-order valence-electron chi connectivity index (χ1n) is 9.65. The summed E-state index contributed by atoms with van der Waals surface area (Å²) < 4.78 is 48.9. The molecule has 0 saturated heterocycles. The van der Waals surface area contributed by atoms with Crippen LogP contribution in [0.2, 0.25) is 0 Å². The minimum Gasteiger partial charge on any atom is -0.497 e. The van der Waals surface area contributed by atoms with Gasteiger partial charge in [-0.25, -0.2) is 17.8 Å². The molecular weight excluding hydrogens is 417 g/mol. The Morgan fingerprint density at radius 2 is 1.84 bits per heavy atom. The summed E-state index contributed by atoms with van der Waals surface area (Å²) in [5, 5.41) is 0. The van der Waals surface area contributed by atoms with E-state index in [4.69, 9.17) is 4.74 Å². The van der Waals surface area contributed by atoms with Gasteiger partial charge >= 0.3 is 0 Å². The quantitative estimate of drug-likeness (QED) is 0.475. The molecular formula is C23H22FN3O3S. The van der Waals surface area contributed by atoms with Gasteiger partial charge in [0.15, 0.2) is 0 Å². The molecule has 0 bridgehead atoms. The number of ether oxygens (including phenoxy) is 1. The summed E-state index contributed by atoms with van der Waals surface area (Å²) in [6.07, 6.45) is 1.69. The summed E-state index contributed by atoms with van der Waals surface area (Å²) in [6.45, 7) is 4.33. The van der Waals surface area contributed by atoms with Gasteiger partial charge in [0.2, 0.25) is 0 Å². The summed E-state index contributed by atoms with van der Waals surface area (Å²) in [5.74, 6) is 0.269. The smallest absolute Gasteiger partial charge is 0.261 e. The third-order valence-electron chi connectivity index (χ3n) is 5.28. The van der Waals surface area contributed by atoms with Crippen molar-refractivity contribution < 1.29 is 17.5 Å². The van der Waals surface area contributed by atoms with Crippen LogP contribution in [0.3, 0.4) is 0 Å². The van der Waals surface area contributed by atoms with Gasteiger partial charge < -0.3 is 9.30 Å². The SMILES string of the molecule is COc1cccc(Cn2cnc3c(NS(=O)(=O)c4ccc(F)cc4)c(C)c(C)cc32)c1. The van der Waals surface area contributed by atoms with Gasteiger partial charge in [-0.2, -0.15) is 0 Å². The number of hydrogen-bond donors (Lipinski definition) is 1. The lowest BCUT2D eigenvalue weighted by molar-refractivity contribution is 0.414. The lowest BCUT2D eigenvalue weighted by atomic mass is 10.1. The van der Waals surface area contributed by atoms with Crippen molar-refractivity contribution in [1.29, 1.82) is 0 Å². The number of benzene rings is 3. The average Bonchev–Trinajstić information content (AvgIpc) is 3.14. The van der Waals surface area contributed by atoms with E-state index in [9.17, 15) is 12.8 Å². The highest BCUT2D eigenvalue weighted by Crippen LogP contribution is 2.31. The van der Waals surface area contributed by atoms with Crippen molar-refractivity contribution in [1.82, 2.24) is 9.55 Å². The molecule has 1 aromatic heterocycles. The first-order chi connectivity index (χ1) is 14.8. The van der Waals surface area contributed by atoms with E-state index in [0.717, 1.165) is 40.1 Å². The van der Waals surface area contributed by atoms with Crippen molar-refractivity contribution in [2.45, 2.75) is 25.3 Å². The molecule has 0 unspecified atom stereocenters. The predicted molar refractivity (Wildman–Crippen MR) is 119 cm³/mol. The van der Waals surface area contributed by atoms with Gasteiger partial charge in [0.1, 0.15) is 17.1 Å². The number of methoxy groups -OCH3 is 1. The summed E-state index contributed by atoms with van der Waals surface area (Å²) >= 11 is 0. The Morgan fingerprint density at radius 1 is 1.10 bits per heavy atom. The van der Waals surface area contributed by atoms with E-state index in [2.05, 4.69) is 9.71 Å². The zero-order valence-electron chi connectivity index (χ0n) is 17.4. The van der Waals surface area contributed by atoms with Crippen LogP contribution < -0.4 is 9.46 Å². The Balaban J connectivity index is 1.76. The fourth-order valence-electron chi connectivity index (χ4n) is 3.45. The fourth-order valence-corrected chi connectivity index (χ4v) is 4.58.